The van der Waals surface area contributed by atoms with Gasteiger partial charge < -0.3 is 14.8 Å². The molecule has 2 aliphatic rings. The third kappa shape index (κ3) is 3.78. The van der Waals surface area contributed by atoms with Crippen LogP contribution in [0.4, 0.5) is 0 Å². The molecule has 0 spiro atoms. The number of hydrogen-bond acceptors (Lipinski definition) is 10. The highest BCUT2D eigenvalue weighted by Gasteiger charge is 2.61. The number of oxazole rings is 1. The second-order valence-corrected chi connectivity index (χ2v) is 10.5. The van der Waals surface area contributed by atoms with Crippen LogP contribution in [0.3, 0.4) is 0 Å². The summed E-state index contributed by atoms with van der Waals surface area (Å²) in [6.45, 7) is 4.76. The van der Waals surface area contributed by atoms with Gasteiger partial charge in [0.05, 0.1) is 16.3 Å². The number of fused-ring (bicyclic) bond motifs is 1. The van der Waals surface area contributed by atoms with Crippen LogP contribution in [-0.4, -0.2) is 63.2 Å². The highest BCUT2D eigenvalue weighted by molar-refractivity contribution is 8.07. The number of aromatic nitrogens is 5. The lowest BCUT2D eigenvalue weighted by Gasteiger charge is -2.53. The summed E-state index contributed by atoms with van der Waals surface area (Å²) < 4.78 is 6.91. The number of para-hydroxylation sites is 1. The average molecular weight is 514 g/mol. The van der Waals surface area contributed by atoms with Gasteiger partial charge in [0.2, 0.25) is 17.0 Å². The van der Waals surface area contributed by atoms with Gasteiger partial charge in [0.1, 0.15) is 27.6 Å². The third-order valence-electron chi connectivity index (χ3n) is 5.61. The number of tetrazole rings is 1. The summed E-state index contributed by atoms with van der Waals surface area (Å²) in [4.78, 5) is 42.3. The van der Waals surface area contributed by atoms with Crippen molar-refractivity contribution in [3.63, 3.8) is 0 Å². The molecule has 1 fully saturated rings. The summed E-state index contributed by atoms with van der Waals surface area (Å²) in [5, 5.41) is 24.6. The third-order valence-corrected chi connectivity index (χ3v) is 8.48. The lowest BCUT2D eigenvalue weighted by molar-refractivity contribution is -0.149. The van der Waals surface area contributed by atoms with Crippen LogP contribution in [0.1, 0.15) is 31.2 Å². The molecular weight excluding hydrogens is 494 g/mol. The van der Waals surface area contributed by atoms with E-state index in [0.29, 0.717) is 17.1 Å². The Balaban J connectivity index is 1.62. The molecule has 1 saturated heterocycles. The SMILES string of the molecule is CC(=O)NC1(C)S[C@@H]2C(c3ocnc3C)C(=O)N2C(C(=O)O)=C1Sc1nnnn1-c1ccccc1. The van der Waals surface area contributed by atoms with E-state index >= 15 is 0 Å². The van der Waals surface area contributed by atoms with Gasteiger partial charge in [-0.25, -0.2) is 9.78 Å². The summed E-state index contributed by atoms with van der Waals surface area (Å²) in [5.74, 6) is -2.45. The van der Waals surface area contributed by atoms with E-state index in [4.69, 9.17) is 4.42 Å². The van der Waals surface area contributed by atoms with Crippen molar-refractivity contribution in [1.29, 1.82) is 0 Å². The summed E-state index contributed by atoms with van der Waals surface area (Å²) in [6.07, 6.45) is 1.25. The number of rotatable bonds is 6. The Morgan fingerprint density at radius 1 is 1.29 bits per heavy atom. The molecule has 3 aromatic rings. The molecule has 0 bridgehead atoms. The second kappa shape index (κ2) is 8.53. The molecule has 12 nitrogen and oxygen atoms in total. The second-order valence-electron chi connectivity index (χ2n) is 8.00. The molecule has 0 radical (unpaired) electrons. The van der Waals surface area contributed by atoms with Crippen molar-refractivity contribution in [1.82, 2.24) is 35.4 Å². The highest BCUT2D eigenvalue weighted by Crippen LogP contribution is 2.57. The maximum absolute atomic E-state index is 13.2. The number of carboxylic acid groups (broad SMARTS) is 1. The monoisotopic (exact) mass is 513 g/mol. The molecule has 4 heterocycles. The molecule has 14 heteroatoms. The number of thioether (sulfide) groups is 2. The van der Waals surface area contributed by atoms with Crippen LogP contribution in [0.15, 0.2) is 56.9 Å². The minimum atomic E-state index is -1.31. The van der Waals surface area contributed by atoms with Gasteiger partial charge in [0.15, 0.2) is 6.39 Å². The molecule has 5 rings (SSSR count). The Morgan fingerprint density at radius 2 is 2.03 bits per heavy atom. The number of amides is 2. The van der Waals surface area contributed by atoms with Crippen molar-refractivity contribution >= 4 is 41.3 Å². The van der Waals surface area contributed by atoms with E-state index in [1.54, 1.807) is 26.0 Å². The Labute approximate surface area is 207 Å². The van der Waals surface area contributed by atoms with Crippen molar-refractivity contribution in [2.75, 3.05) is 0 Å². The summed E-state index contributed by atoms with van der Waals surface area (Å²) >= 11 is 2.23. The van der Waals surface area contributed by atoms with Crippen molar-refractivity contribution in [2.24, 2.45) is 0 Å². The van der Waals surface area contributed by atoms with Gasteiger partial charge in [0.25, 0.3) is 0 Å². The summed E-state index contributed by atoms with van der Waals surface area (Å²) in [5.41, 5.74) is 0.977. The van der Waals surface area contributed by atoms with Gasteiger partial charge in [0, 0.05) is 6.92 Å². The number of nitrogens with one attached hydrogen (secondary N) is 1. The Bertz CT molecular complexity index is 1370. The molecule has 2 amide bonds. The highest BCUT2D eigenvalue weighted by atomic mass is 32.2. The molecule has 1 aromatic carbocycles. The number of carbonyl (C=O) groups is 3. The zero-order chi connectivity index (χ0) is 24.9. The van der Waals surface area contributed by atoms with E-state index in [-0.39, 0.29) is 21.7 Å². The molecule has 0 aliphatic carbocycles. The zero-order valence-electron chi connectivity index (χ0n) is 18.7. The predicted molar refractivity (Wildman–Crippen MR) is 124 cm³/mol. The number of β-lactam (4-membered cyclic amide) rings is 1. The van der Waals surface area contributed by atoms with Gasteiger partial charge in [-0.1, -0.05) is 18.2 Å². The number of carboxylic acids is 1. The number of benzene rings is 1. The topological polar surface area (TPSA) is 156 Å². The van der Waals surface area contributed by atoms with Gasteiger partial charge in [-0.05, 0) is 48.2 Å². The molecule has 35 heavy (non-hydrogen) atoms. The van der Waals surface area contributed by atoms with E-state index in [1.807, 2.05) is 18.2 Å². The van der Waals surface area contributed by atoms with Gasteiger partial charge in [-0.2, -0.15) is 4.68 Å². The van der Waals surface area contributed by atoms with Gasteiger partial charge >= 0.3 is 5.97 Å². The van der Waals surface area contributed by atoms with Crippen molar-refractivity contribution in [3.8, 4) is 5.69 Å². The molecule has 2 N–H and O–H groups in total. The molecule has 2 unspecified atom stereocenters. The zero-order valence-corrected chi connectivity index (χ0v) is 20.3. The standard InChI is InChI=1S/C21H19N7O5S2/c1-10-15(33-9-22-10)13-17(30)27-14(19(31)32)16(21(3,23-11(2)29)35-18(13)27)34-20-24-25-26-28(20)12-7-5-4-6-8-12/h4-9,13,18H,1-3H3,(H,23,29)(H,31,32)/t13?,18-,21?/m1/s1. The van der Waals surface area contributed by atoms with E-state index < -0.39 is 28.0 Å². The van der Waals surface area contributed by atoms with Crippen LogP contribution in [0, 0.1) is 6.92 Å². The fourth-order valence-electron chi connectivity index (χ4n) is 4.14. The normalized spacial score (nSPS) is 23.6. The summed E-state index contributed by atoms with van der Waals surface area (Å²) in [6, 6.07) is 9.09. The smallest absolute Gasteiger partial charge is 0.353 e. The number of aliphatic carboxylic acids is 1. The fourth-order valence-corrected chi connectivity index (χ4v) is 7.00. The van der Waals surface area contributed by atoms with E-state index in [1.165, 1.54) is 34.7 Å². The lowest BCUT2D eigenvalue weighted by Crippen LogP contribution is -2.64. The molecule has 180 valence electrons. The predicted octanol–water partition coefficient (Wildman–Crippen LogP) is 1.90. The minimum absolute atomic E-state index is 0.217. The number of carbonyl (C=O) groups excluding carboxylic acids is 2. The van der Waals surface area contributed by atoms with Crippen molar-refractivity contribution in [2.45, 2.75) is 42.1 Å². The maximum atomic E-state index is 13.2. The molecule has 2 aliphatic heterocycles. The van der Waals surface area contributed by atoms with E-state index in [9.17, 15) is 19.5 Å². The van der Waals surface area contributed by atoms with Crippen molar-refractivity contribution in [3.05, 3.63) is 58.8 Å². The van der Waals surface area contributed by atoms with Gasteiger partial charge in [-0.15, -0.1) is 16.9 Å². The largest absolute Gasteiger partial charge is 0.477 e. The molecule has 0 saturated carbocycles. The first-order valence-corrected chi connectivity index (χ1v) is 12.1. The minimum Gasteiger partial charge on any atom is -0.477 e. The van der Waals surface area contributed by atoms with E-state index in [0.717, 1.165) is 11.8 Å². The quantitative estimate of drug-likeness (QED) is 0.464. The molecular formula is C21H19N7O5S2. The number of nitrogens with zero attached hydrogens (tertiary/aromatic N) is 6. The summed E-state index contributed by atoms with van der Waals surface area (Å²) in [7, 11) is 0. The Morgan fingerprint density at radius 3 is 2.66 bits per heavy atom. The Kier molecular flexibility index (Phi) is 5.63. The number of hydrogen-bond donors (Lipinski definition) is 2. The maximum Gasteiger partial charge on any atom is 0.353 e. The lowest BCUT2D eigenvalue weighted by atomic mass is 9.92. The first kappa shape index (κ1) is 23.1. The van der Waals surface area contributed by atoms with Crippen LogP contribution < -0.4 is 5.32 Å². The van der Waals surface area contributed by atoms with Crippen LogP contribution >= 0.6 is 23.5 Å². The first-order chi connectivity index (χ1) is 16.7. The Hall–Kier alpha value is -3.65. The molecule has 3 atom stereocenters. The van der Waals surface area contributed by atoms with Crippen LogP contribution in [0.5, 0.6) is 0 Å². The van der Waals surface area contributed by atoms with Crippen LogP contribution in [0.25, 0.3) is 5.69 Å². The average Bonchev–Trinajstić information content (AvgIpc) is 3.44. The number of aryl methyl sites for hydroxylation is 1. The van der Waals surface area contributed by atoms with Crippen LogP contribution in [0.2, 0.25) is 0 Å². The van der Waals surface area contributed by atoms with Crippen LogP contribution in [-0.2, 0) is 14.4 Å². The van der Waals surface area contributed by atoms with E-state index in [2.05, 4.69) is 25.8 Å². The van der Waals surface area contributed by atoms with Crippen molar-refractivity contribution < 1.29 is 23.9 Å². The molecule has 2 aromatic heterocycles. The fraction of sp³-hybridized carbons (Fsp3) is 0.286. The first-order valence-electron chi connectivity index (χ1n) is 10.4. The van der Waals surface area contributed by atoms with Gasteiger partial charge in [-0.3, -0.25) is 14.5 Å².